The lowest BCUT2D eigenvalue weighted by Crippen LogP contribution is -2.06. The van der Waals surface area contributed by atoms with Gasteiger partial charge in [-0.2, -0.15) is 0 Å². The number of aryl methyl sites for hydroxylation is 2. The quantitative estimate of drug-likeness (QED) is 0.810. The molecule has 0 saturated carbocycles. The maximum atomic E-state index is 5.25. The smallest absolute Gasteiger partial charge is 0.122 e. The normalized spacial score (nSPS) is 10.5. The lowest BCUT2D eigenvalue weighted by Gasteiger charge is -2.08. The van der Waals surface area contributed by atoms with E-state index in [1.165, 1.54) is 0 Å². The molecule has 0 aliphatic rings. The number of hydrogen-bond donors (Lipinski definition) is 0. The molecule has 2 aromatic rings. The van der Waals surface area contributed by atoms with E-state index < -0.39 is 0 Å². The minimum atomic E-state index is 0.737. The summed E-state index contributed by atoms with van der Waals surface area (Å²) >= 11 is 0. The highest BCUT2D eigenvalue weighted by Gasteiger charge is 2.04. The first-order valence-corrected chi connectivity index (χ1v) is 5.74. The number of hydrogen-bond acceptors (Lipinski definition) is 3. The summed E-state index contributed by atoms with van der Waals surface area (Å²) < 4.78 is 7.36. The standard InChI is InChI=1S/C13H17N3O/c1-4-13-14-5-6-16(13)9-11-8-12(17-3)7-10(2)15-11/h5-8H,4,9H2,1-3H3. The average Bonchev–Trinajstić information content (AvgIpc) is 2.75. The molecule has 2 heterocycles. The fourth-order valence-electron chi connectivity index (χ4n) is 1.87. The van der Waals surface area contributed by atoms with E-state index in [-0.39, 0.29) is 0 Å². The number of ether oxygens (including phenoxy) is 1. The molecule has 0 spiro atoms. The molecule has 4 nitrogen and oxygen atoms in total. The summed E-state index contributed by atoms with van der Waals surface area (Å²) in [6, 6.07) is 3.89. The van der Waals surface area contributed by atoms with Gasteiger partial charge in [-0.25, -0.2) is 4.98 Å². The van der Waals surface area contributed by atoms with Crippen LogP contribution in [0, 0.1) is 6.92 Å². The van der Waals surface area contributed by atoms with Gasteiger partial charge in [0.1, 0.15) is 11.6 Å². The molecule has 0 amide bonds. The van der Waals surface area contributed by atoms with Gasteiger partial charge in [0, 0.05) is 36.6 Å². The number of nitrogens with zero attached hydrogens (tertiary/aromatic N) is 3. The van der Waals surface area contributed by atoms with Crippen molar-refractivity contribution in [2.75, 3.05) is 7.11 Å². The average molecular weight is 231 g/mol. The highest BCUT2D eigenvalue weighted by Crippen LogP contribution is 2.14. The first-order valence-electron chi connectivity index (χ1n) is 5.74. The molecule has 0 aliphatic carbocycles. The Morgan fingerprint density at radius 2 is 2.18 bits per heavy atom. The Balaban J connectivity index is 2.26. The van der Waals surface area contributed by atoms with Crippen LogP contribution in [0.2, 0.25) is 0 Å². The molecule has 0 radical (unpaired) electrons. The largest absolute Gasteiger partial charge is 0.497 e. The maximum Gasteiger partial charge on any atom is 0.122 e. The molecule has 90 valence electrons. The second kappa shape index (κ2) is 4.99. The predicted molar refractivity (Wildman–Crippen MR) is 66.2 cm³/mol. The van der Waals surface area contributed by atoms with Gasteiger partial charge in [-0.05, 0) is 6.92 Å². The number of imidazole rings is 1. The van der Waals surface area contributed by atoms with E-state index >= 15 is 0 Å². The van der Waals surface area contributed by atoms with Crippen molar-refractivity contribution in [3.63, 3.8) is 0 Å². The molecule has 0 atom stereocenters. The molecule has 0 N–H and O–H groups in total. The van der Waals surface area contributed by atoms with E-state index in [4.69, 9.17) is 4.74 Å². The lowest BCUT2D eigenvalue weighted by atomic mass is 10.3. The zero-order valence-electron chi connectivity index (χ0n) is 10.5. The molecule has 2 rings (SSSR count). The summed E-state index contributed by atoms with van der Waals surface area (Å²) in [6.07, 6.45) is 4.73. The predicted octanol–water partition coefficient (Wildman–Crippen LogP) is 2.21. The van der Waals surface area contributed by atoms with Crippen LogP contribution in [-0.2, 0) is 13.0 Å². The minimum absolute atomic E-state index is 0.737. The molecule has 4 heteroatoms. The Morgan fingerprint density at radius 3 is 2.88 bits per heavy atom. The Bertz CT molecular complexity index is 505. The second-order valence-corrected chi connectivity index (χ2v) is 3.96. The van der Waals surface area contributed by atoms with Crippen molar-refractivity contribution in [1.29, 1.82) is 0 Å². The van der Waals surface area contributed by atoms with E-state index in [0.29, 0.717) is 0 Å². The van der Waals surface area contributed by atoms with Crippen molar-refractivity contribution in [2.24, 2.45) is 0 Å². The minimum Gasteiger partial charge on any atom is -0.497 e. The van der Waals surface area contributed by atoms with Crippen LogP contribution in [0.4, 0.5) is 0 Å². The Kier molecular flexibility index (Phi) is 3.42. The summed E-state index contributed by atoms with van der Waals surface area (Å²) in [5.41, 5.74) is 1.96. The summed E-state index contributed by atoms with van der Waals surface area (Å²) in [4.78, 5) is 8.80. The van der Waals surface area contributed by atoms with Gasteiger partial charge in [0.2, 0.25) is 0 Å². The van der Waals surface area contributed by atoms with Crippen LogP contribution < -0.4 is 4.74 Å². The fraction of sp³-hybridized carbons (Fsp3) is 0.385. The first kappa shape index (κ1) is 11.6. The SMILES string of the molecule is CCc1nccn1Cc1cc(OC)cc(C)n1. The van der Waals surface area contributed by atoms with Crippen LogP contribution in [-0.4, -0.2) is 21.6 Å². The lowest BCUT2D eigenvalue weighted by molar-refractivity contribution is 0.412. The zero-order valence-corrected chi connectivity index (χ0v) is 10.5. The van der Waals surface area contributed by atoms with Gasteiger partial charge in [0.05, 0.1) is 19.3 Å². The topological polar surface area (TPSA) is 39.9 Å². The van der Waals surface area contributed by atoms with Gasteiger partial charge >= 0.3 is 0 Å². The summed E-state index contributed by atoms with van der Waals surface area (Å²) in [5.74, 6) is 1.93. The molecular formula is C13H17N3O. The molecule has 0 aliphatic heterocycles. The monoisotopic (exact) mass is 231 g/mol. The molecule has 0 fully saturated rings. The third-order valence-corrected chi connectivity index (χ3v) is 2.67. The molecule has 17 heavy (non-hydrogen) atoms. The van der Waals surface area contributed by atoms with E-state index in [0.717, 1.165) is 35.9 Å². The van der Waals surface area contributed by atoms with Crippen molar-refractivity contribution < 1.29 is 4.74 Å². The van der Waals surface area contributed by atoms with Gasteiger partial charge in [0.15, 0.2) is 0 Å². The molecule has 0 bridgehead atoms. The van der Waals surface area contributed by atoms with Crippen LogP contribution in [0.25, 0.3) is 0 Å². The van der Waals surface area contributed by atoms with Gasteiger partial charge in [-0.3, -0.25) is 4.98 Å². The van der Waals surface area contributed by atoms with Gasteiger partial charge in [-0.1, -0.05) is 6.92 Å². The van der Waals surface area contributed by atoms with Crippen LogP contribution >= 0.6 is 0 Å². The third kappa shape index (κ3) is 2.64. The van der Waals surface area contributed by atoms with Crippen LogP contribution in [0.3, 0.4) is 0 Å². The van der Waals surface area contributed by atoms with Crippen LogP contribution in [0.15, 0.2) is 24.5 Å². The molecule has 0 saturated heterocycles. The van der Waals surface area contributed by atoms with Crippen LogP contribution in [0.1, 0.15) is 24.1 Å². The zero-order chi connectivity index (χ0) is 12.3. The third-order valence-electron chi connectivity index (χ3n) is 2.67. The van der Waals surface area contributed by atoms with Crippen molar-refractivity contribution in [2.45, 2.75) is 26.8 Å². The molecule has 2 aromatic heterocycles. The number of rotatable bonds is 4. The first-order chi connectivity index (χ1) is 8.22. The second-order valence-electron chi connectivity index (χ2n) is 3.96. The van der Waals surface area contributed by atoms with E-state index in [1.54, 1.807) is 7.11 Å². The Morgan fingerprint density at radius 1 is 1.35 bits per heavy atom. The van der Waals surface area contributed by atoms with Gasteiger partial charge in [0.25, 0.3) is 0 Å². The van der Waals surface area contributed by atoms with Crippen molar-refractivity contribution in [1.82, 2.24) is 14.5 Å². The van der Waals surface area contributed by atoms with E-state index in [1.807, 2.05) is 31.5 Å². The Labute approximate surface area is 101 Å². The van der Waals surface area contributed by atoms with E-state index in [2.05, 4.69) is 21.5 Å². The maximum absolute atomic E-state index is 5.25. The number of pyridine rings is 1. The number of aromatic nitrogens is 3. The molecular weight excluding hydrogens is 214 g/mol. The van der Waals surface area contributed by atoms with Crippen molar-refractivity contribution in [3.8, 4) is 5.75 Å². The van der Waals surface area contributed by atoms with E-state index in [9.17, 15) is 0 Å². The summed E-state index contributed by atoms with van der Waals surface area (Å²) in [5, 5.41) is 0. The summed E-state index contributed by atoms with van der Waals surface area (Å²) in [7, 11) is 1.67. The molecule has 0 aromatic carbocycles. The van der Waals surface area contributed by atoms with Crippen LogP contribution in [0.5, 0.6) is 5.75 Å². The number of methoxy groups -OCH3 is 1. The Hall–Kier alpha value is -1.84. The highest BCUT2D eigenvalue weighted by molar-refractivity contribution is 5.26. The van der Waals surface area contributed by atoms with Gasteiger partial charge < -0.3 is 9.30 Å². The van der Waals surface area contributed by atoms with Gasteiger partial charge in [-0.15, -0.1) is 0 Å². The molecule has 0 unspecified atom stereocenters. The fourth-order valence-corrected chi connectivity index (χ4v) is 1.87. The highest BCUT2D eigenvalue weighted by atomic mass is 16.5. The van der Waals surface area contributed by atoms with Crippen molar-refractivity contribution >= 4 is 0 Å². The summed E-state index contributed by atoms with van der Waals surface area (Å²) in [6.45, 7) is 4.81. The van der Waals surface area contributed by atoms with Crippen molar-refractivity contribution in [3.05, 3.63) is 41.7 Å².